The van der Waals surface area contributed by atoms with Crippen molar-refractivity contribution in [1.29, 1.82) is 0 Å². The summed E-state index contributed by atoms with van der Waals surface area (Å²) in [6.07, 6.45) is 12.6. The standard InChI is InChI=1S/C29H36O3/c1-19-25-17-26-24(23(25)11-14-29(19)15-12-27(30)32-29)9-8-21-16-22(10-13-28(21,26)2)31-18-20-6-4-3-5-7-20/h3-8,22-24,26H,9-18H2,1-2H3/t22-,23-,24-,26-,28-,29-/m0/s1. The van der Waals surface area contributed by atoms with Crippen LogP contribution in [0.15, 0.2) is 53.1 Å². The quantitative estimate of drug-likeness (QED) is 0.402. The molecule has 1 aliphatic heterocycles. The highest BCUT2D eigenvalue weighted by atomic mass is 16.6. The van der Waals surface area contributed by atoms with E-state index in [4.69, 9.17) is 9.47 Å². The third kappa shape index (κ3) is 3.15. The Morgan fingerprint density at radius 3 is 2.72 bits per heavy atom. The van der Waals surface area contributed by atoms with Gasteiger partial charge in [-0.15, -0.1) is 0 Å². The Labute approximate surface area is 192 Å². The van der Waals surface area contributed by atoms with Gasteiger partial charge in [-0.3, -0.25) is 4.79 Å². The number of rotatable bonds is 3. The van der Waals surface area contributed by atoms with Gasteiger partial charge in [0.15, 0.2) is 0 Å². The van der Waals surface area contributed by atoms with E-state index in [1.807, 2.05) is 0 Å². The molecule has 0 radical (unpaired) electrons. The lowest BCUT2D eigenvalue weighted by Crippen LogP contribution is -2.42. The molecule has 1 heterocycles. The summed E-state index contributed by atoms with van der Waals surface area (Å²) in [4.78, 5) is 12.0. The molecule has 1 saturated heterocycles. The van der Waals surface area contributed by atoms with E-state index in [9.17, 15) is 4.79 Å². The van der Waals surface area contributed by atoms with Crippen molar-refractivity contribution in [2.24, 2.45) is 23.2 Å². The predicted molar refractivity (Wildman–Crippen MR) is 125 cm³/mol. The molecule has 1 aromatic rings. The summed E-state index contributed by atoms with van der Waals surface area (Å²) in [5, 5.41) is 0. The minimum atomic E-state index is -0.267. The van der Waals surface area contributed by atoms with Crippen LogP contribution in [-0.2, 0) is 20.9 Å². The van der Waals surface area contributed by atoms with Gasteiger partial charge in [0.25, 0.3) is 0 Å². The molecule has 32 heavy (non-hydrogen) atoms. The van der Waals surface area contributed by atoms with Gasteiger partial charge < -0.3 is 9.47 Å². The molecule has 0 bridgehead atoms. The second-order valence-corrected chi connectivity index (χ2v) is 11.3. The van der Waals surface area contributed by atoms with Crippen molar-refractivity contribution in [1.82, 2.24) is 0 Å². The second kappa shape index (κ2) is 7.58. The van der Waals surface area contributed by atoms with E-state index in [-0.39, 0.29) is 11.6 Å². The van der Waals surface area contributed by atoms with Crippen molar-refractivity contribution in [3.63, 3.8) is 0 Å². The van der Waals surface area contributed by atoms with E-state index in [0.717, 1.165) is 44.1 Å². The minimum absolute atomic E-state index is 0.00329. The molecular weight excluding hydrogens is 396 g/mol. The Kier molecular flexibility index (Phi) is 4.91. The number of hydrogen-bond acceptors (Lipinski definition) is 3. The SMILES string of the molecule is CC1=C2C[C@H]3[C@@H](CC=C4C[C@@H](OCc5ccccc5)CC[C@@]43C)[C@@H]2CC[C@]12CCC(=O)O2. The molecule has 3 fully saturated rings. The molecule has 2 saturated carbocycles. The third-order valence-electron chi connectivity index (χ3n) is 9.94. The normalized spacial score (nSPS) is 40.6. The van der Waals surface area contributed by atoms with Crippen molar-refractivity contribution >= 4 is 5.97 Å². The number of hydrogen-bond donors (Lipinski definition) is 0. The summed E-state index contributed by atoms with van der Waals surface area (Å²) in [7, 11) is 0. The first-order chi connectivity index (χ1) is 15.5. The molecule has 170 valence electrons. The van der Waals surface area contributed by atoms with Crippen LogP contribution in [0.3, 0.4) is 0 Å². The molecule has 0 aromatic heterocycles. The minimum Gasteiger partial charge on any atom is -0.454 e. The average molecular weight is 433 g/mol. The monoisotopic (exact) mass is 432 g/mol. The summed E-state index contributed by atoms with van der Waals surface area (Å²) < 4.78 is 12.3. The van der Waals surface area contributed by atoms with Crippen LogP contribution in [0, 0.1) is 23.2 Å². The first-order valence-electron chi connectivity index (χ1n) is 12.8. The van der Waals surface area contributed by atoms with Gasteiger partial charge in [-0.25, -0.2) is 0 Å². The molecule has 0 unspecified atom stereocenters. The number of carbonyl (C=O) groups is 1. The van der Waals surface area contributed by atoms with Crippen molar-refractivity contribution in [3.8, 4) is 0 Å². The van der Waals surface area contributed by atoms with Crippen LogP contribution in [0.2, 0.25) is 0 Å². The van der Waals surface area contributed by atoms with Crippen molar-refractivity contribution in [2.45, 2.75) is 89.9 Å². The van der Waals surface area contributed by atoms with E-state index in [1.54, 1.807) is 11.1 Å². The van der Waals surface area contributed by atoms with Crippen LogP contribution in [-0.4, -0.2) is 17.7 Å². The van der Waals surface area contributed by atoms with Gasteiger partial charge in [0.2, 0.25) is 0 Å². The molecule has 0 N–H and O–H groups in total. The Morgan fingerprint density at radius 2 is 1.94 bits per heavy atom. The fourth-order valence-corrected chi connectivity index (χ4v) is 8.01. The molecule has 6 atom stereocenters. The molecule has 3 heteroatoms. The first kappa shape index (κ1) is 20.7. The van der Waals surface area contributed by atoms with Gasteiger partial charge in [-0.2, -0.15) is 0 Å². The van der Waals surface area contributed by atoms with Gasteiger partial charge in [0, 0.05) is 12.8 Å². The highest BCUT2D eigenvalue weighted by molar-refractivity contribution is 5.73. The van der Waals surface area contributed by atoms with E-state index in [2.05, 4.69) is 50.3 Å². The molecule has 1 aromatic carbocycles. The summed E-state index contributed by atoms with van der Waals surface area (Å²) in [5.74, 6) is 2.21. The number of allylic oxidation sites excluding steroid dienone is 2. The lowest BCUT2D eigenvalue weighted by atomic mass is 9.56. The van der Waals surface area contributed by atoms with Crippen LogP contribution < -0.4 is 0 Å². The number of esters is 1. The molecule has 6 rings (SSSR count). The van der Waals surface area contributed by atoms with Gasteiger partial charge in [0.1, 0.15) is 5.60 Å². The topological polar surface area (TPSA) is 35.5 Å². The summed E-state index contributed by atoms with van der Waals surface area (Å²) in [6, 6.07) is 10.6. The van der Waals surface area contributed by atoms with E-state index < -0.39 is 0 Å². The highest BCUT2D eigenvalue weighted by Gasteiger charge is 2.56. The molecule has 3 nitrogen and oxygen atoms in total. The van der Waals surface area contributed by atoms with Crippen LogP contribution >= 0.6 is 0 Å². The van der Waals surface area contributed by atoms with Gasteiger partial charge in [-0.1, -0.05) is 54.5 Å². The number of fused-ring (bicyclic) bond motifs is 5. The van der Waals surface area contributed by atoms with Crippen molar-refractivity contribution in [2.75, 3.05) is 0 Å². The Hall–Kier alpha value is -1.87. The molecule has 0 amide bonds. The number of ether oxygens (including phenoxy) is 2. The zero-order valence-corrected chi connectivity index (χ0v) is 19.6. The van der Waals surface area contributed by atoms with Crippen LogP contribution in [0.5, 0.6) is 0 Å². The van der Waals surface area contributed by atoms with Gasteiger partial charge in [-0.05, 0) is 86.2 Å². The maximum absolute atomic E-state index is 12.0. The summed E-state index contributed by atoms with van der Waals surface area (Å²) >= 11 is 0. The lowest BCUT2D eigenvalue weighted by Gasteiger charge is -2.49. The van der Waals surface area contributed by atoms with E-state index >= 15 is 0 Å². The van der Waals surface area contributed by atoms with Crippen molar-refractivity contribution < 1.29 is 14.3 Å². The van der Waals surface area contributed by atoms with Crippen LogP contribution in [0.1, 0.15) is 77.2 Å². The maximum Gasteiger partial charge on any atom is 0.306 e. The van der Waals surface area contributed by atoms with Crippen molar-refractivity contribution in [3.05, 3.63) is 58.7 Å². The number of carbonyl (C=O) groups excluding carboxylic acids is 1. The molecular formula is C29H36O3. The lowest BCUT2D eigenvalue weighted by molar-refractivity contribution is -0.147. The predicted octanol–water partition coefficient (Wildman–Crippen LogP) is 6.53. The molecule has 1 spiro atoms. The average Bonchev–Trinajstić information content (AvgIpc) is 3.38. The molecule has 4 aliphatic carbocycles. The highest BCUT2D eigenvalue weighted by Crippen LogP contribution is 2.64. The largest absolute Gasteiger partial charge is 0.454 e. The summed E-state index contributed by atoms with van der Waals surface area (Å²) in [6.45, 7) is 5.54. The van der Waals surface area contributed by atoms with E-state index in [1.165, 1.54) is 36.8 Å². The Morgan fingerprint density at radius 1 is 1.09 bits per heavy atom. The van der Waals surface area contributed by atoms with E-state index in [0.29, 0.717) is 23.9 Å². The smallest absolute Gasteiger partial charge is 0.306 e. The summed E-state index contributed by atoms with van der Waals surface area (Å²) in [5.41, 5.74) is 6.03. The Balaban J connectivity index is 1.20. The van der Waals surface area contributed by atoms with Crippen LogP contribution in [0.4, 0.5) is 0 Å². The fraction of sp³-hybridized carbons (Fsp3) is 0.621. The zero-order valence-electron chi connectivity index (χ0n) is 19.6. The van der Waals surface area contributed by atoms with Crippen LogP contribution in [0.25, 0.3) is 0 Å². The first-order valence-corrected chi connectivity index (χ1v) is 12.8. The zero-order chi connectivity index (χ0) is 21.9. The third-order valence-corrected chi connectivity index (χ3v) is 9.94. The van der Waals surface area contributed by atoms with Gasteiger partial charge in [0.05, 0.1) is 12.7 Å². The second-order valence-electron chi connectivity index (χ2n) is 11.3. The maximum atomic E-state index is 12.0. The van der Waals surface area contributed by atoms with Gasteiger partial charge >= 0.3 is 5.97 Å². The Bertz CT molecular complexity index is 975. The number of benzene rings is 1. The fourth-order valence-electron chi connectivity index (χ4n) is 8.01. The molecule has 5 aliphatic rings.